The fourth-order valence-electron chi connectivity index (χ4n) is 10.7. The lowest BCUT2D eigenvalue weighted by molar-refractivity contribution is 0.590. The van der Waals surface area contributed by atoms with Gasteiger partial charge in [0.25, 0.3) is 6.71 Å². The van der Waals surface area contributed by atoms with Crippen LogP contribution in [0, 0.1) is 6.92 Å². The van der Waals surface area contributed by atoms with Gasteiger partial charge in [-0.25, -0.2) is 0 Å². The van der Waals surface area contributed by atoms with E-state index in [9.17, 15) is 0 Å². The monoisotopic (exact) mass is 914 g/mol. The summed E-state index contributed by atoms with van der Waals surface area (Å²) in [5, 5.41) is 2.29. The highest BCUT2D eigenvalue weighted by Crippen LogP contribution is 2.47. The summed E-state index contributed by atoms with van der Waals surface area (Å²) >= 11 is 0. The maximum atomic E-state index is 6.32. The van der Waals surface area contributed by atoms with Gasteiger partial charge in [-0.05, 0) is 161 Å². The first-order valence-corrected chi connectivity index (χ1v) is 25.1. The Kier molecular flexibility index (Phi) is 12.0. The molecule has 2 aliphatic rings. The quantitative estimate of drug-likeness (QED) is 0.117. The number of hydrogen-bond acceptors (Lipinski definition) is 4. The first-order chi connectivity index (χ1) is 33.8. The van der Waals surface area contributed by atoms with Crippen LogP contribution in [0.2, 0.25) is 0 Å². The second kappa shape index (κ2) is 18.1. The lowest BCUT2D eigenvalue weighted by atomic mass is 9.33. The van der Waals surface area contributed by atoms with E-state index in [1.54, 1.807) is 0 Å². The number of allylic oxidation sites excluding steroid dienone is 3. The van der Waals surface area contributed by atoms with E-state index < -0.39 is 0 Å². The molecule has 0 spiro atoms. The van der Waals surface area contributed by atoms with Gasteiger partial charge in [-0.15, -0.1) is 0 Å². The minimum atomic E-state index is -0.0514. The Bertz CT molecular complexity index is 3460. The Morgan fingerprint density at radius 1 is 0.543 bits per heavy atom. The molecule has 0 atom stereocenters. The molecule has 0 bridgehead atoms. The molecule has 0 fully saturated rings. The van der Waals surface area contributed by atoms with E-state index in [-0.39, 0.29) is 17.5 Å². The third-order valence-electron chi connectivity index (χ3n) is 14.1. The lowest BCUT2D eigenvalue weighted by Crippen LogP contribution is -2.61. The number of nitrogens with zero attached hydrogens (tertiary/aromatic N) is 3. The summed E-state index contributed by atoms with van der Waals surface area (Å²) in [6, 6.07) is 63.2. The summed E-state index contributed by atoms with van der Waals surface area (Å²) in [4.78, 5) is 7.44. The molecular weight excluding hydrogens is 850 g/mol. The summed E-state index contributed by atoms with van der Waals surface area (Å²) in [5.74, 6) is 0. The van der Waals surface area contributed by atoms with Crippen molar-refractivity contribution in [3.8, 4) is 11.1 Å². The molecule has 0 saturated heterocycles. The van der Waals surface area contributed by atoms with Crippen LogP contribution in [-0.2, 0) is 10.8 Å². The van der Waals surface area contributed by atoms with Gasteiger partial charge < -0.3 is 19.1 Å². The fourth-order valence-corrected chi connectivity index (χ4v) is 10.7. The summed E-state index contributed by atoms with van der Waals surface area (Å²) in [6.07, 6.45) is 6.53. The average Bonchev–Trinajstić information content (AvgIpc) is 3.75. The number of hydrogen-bond donors (Lipinski definition) is 0. The molecule has 0 N–H and O–H groups in total. The Balaban J connectivity index is 0.00000280. The first-order valence-electron chi connectivity index (χ1n) is 25.1. The molecule has 9 aromatic rings. The van der Waals surface area contributed by atoms with Crippen LogP contribution in [0.25, 0.3) is 33.1 Å². The Morgan fingerprint density at radius 2 is 1.16 bits per heavy atom. The maximum Gasteiger partial charge on any atom is 0.252 e. The molecule has 70 heavy (non-hydrogen) atoms. The van der Waals surface area contributed by atoms with E-state index in [4.69, 9.17) is 4.42 Å². The van der Waals surface area contributed by atoms with Gasteiger partial charge in [0.1, 0.15) is 11.2 Å². The topological polar surface area (TPSA) is 22.9 Å². The van der Waals surface area contributed by atoms with Crippen molar-refractivity contribution in [2.24, 2.45) is 0 Å². The summed E-state index contributed by atoms with van der Waals surface area (Å²) in [6.45, 7) is 24.3. The molecule has 11 rings (SSSR count). The van der Waals surface area contributed by atoms with E-state index in [1.165, 1.54) is 61.4 Å². The van der Waals surface area contributed by atoms with Crippen molar-refractivity contribution in [2.75, 3.05) is 14.7 Å². The number of anilines is 8. The molecule has 0 amide bonds. The number of fused-ring (bicyclic) bond motifs is 7. The van der Waals surface area contributed by atoms with Crippen LogP contribution in [0.1, 0.15) is 85.9 Å². The Morgan fingerprint density at radius 3 is 1.81 bits per heavy atom. The standard InChI is InChI=1S/C63H58BN3O.C2H6/c1-10-18-45(11-2)65(46-19-13-12-14-20-46)49-34-35-52-55(40-49)67(48-32-27-43(28-33-48)62(4,5)6)57-38-41(3)37-56-61(57)64(52)53-39-44(63(7,8)9)29-36-54(53)66(56)47-30-25-42(26-31-47)50-22-17-24-59-60(50)51-21-15-16-23-58(51)68-59;1-2/h10-40H,1-9H3;1-2H3/b18-10-,45-11+;. The number of benzene rings is 8. The molecule has 5 heteroatoms. The van der Waals surface area contributed by atoms with Crippen LogP contribution < -0.4 is 31.1 Å². The van der Waals surface area contributed by atoms with Crippen molar-refractivity contribution in [3.63, 3.8) is 0 Å². The highest BCUT2D eigenvalue weighted by molar-refractivity contribution is 7.00. The maximum absolute atomic E-state index is 6.32. The second-order valence-electron chi connectivity index (χ2n) is 20.6. The van der Waals surface area contributed by atoms with Crippen molar-refractivity contribution in [1.29, 1.82) is 0 Å². The van der Waals surface area contributed by atoms with Crippen LogP contribution >= 0.6 is 0 Å². The van der Waals surface area contributed by atoms with Gasteiger partial charge in [0, 0.05) is 62.0 Å². The average molecular weight is 914 g/mol. The molecule has 348 valence electrons. The van der Waals surface area contributed by atoms with E-state index in [1.807, 2.05) is 19.9 Å². The van der Waals surface area contributed by atoms with Crippen LogP contribution in [0.5, 0.6) is 0 Å². The largest absolute Gasteiger partial charge is 0.456 e. The SMILES string of the molecule is C/C=C\C(=C/C)N(c1ccccc1)c1ccc2c(c1)N(c1ccc(C(C)(C)C)cc1)c1cc(C)cc3c1B2c1cc(C(C)(C)C)ccc1N3c1ccc(-c2cccc3oc4ccccc4c23)cc1.CC. The van der Waals surface area contributed by atoms with Crippen molar-refractivity contribution in [3.05, 3.63) is 210 Å². The minimum Gasteiger partial charge on any atom is -0.456 e. The molecule has 0 radical (unpaired) electrons. The predicted molar refractivity (Wildman–Crippen MR) is 304 cm³/mol. The summed E-state index contributed by atoms with van der Waals surface area (Å²) in [7, 11) is 0. The zero-order valence-corrected chi connectivity index (χ0v) is 42.7. The second-order valence-corrected chi connectivity index (χ2v) is 20.6. The van der Waals surface area contributed by atoms with Crippen molar-refractivity contribution in [1.82, 2.24) is 0 Å². The highest BCUT2D eigenvalue weighted by atomic mass is 16.3. The Hall–Kier alpha value is -7.50. The molecule has 2 aliphatic heterocycles. The van der Waals surface area contributed by atoms with Gasteiger partial charge in [0.15, 0.2) is 0 Å². The Labute approximate surface area is 416 Å². The zero-order valence-electron chi connectivity index (χ0n) is 42.7. The van der Waals surface area contributed by atoms with E-state index in [0.29, 0.717) is 0 Å². The van der Waals surface area contributed by atoms with Crippen LogP contribution in [0.15, 0.2) is 198 Å². The molecule has 0 aliphatic carbocycles. The van der Waals surface area contributed by atoms with Gasteiger partial charge >= 0.3 is 0 Å². The molecule has 8 aromatic carbocycles. The smallest absolute Gasteiger partial charge is 0.252 e. The fraction of sp³-hybridized carbons (Fsp3) is 0.200. The summed E-state index contributed by atoms with van der Waals surface area (Å²) in [5.41, 5.74) is 22.3. The molecular formula is C65H64BN3O. The first kappa shape index (κ1) is 46.2. The number of rotatable bonds is 7. The van der Waals surface area contributed by atoms with E-state index in [0.717, 1.165) is 55.9 Å². The molecule has 0 unspecified atom stereocenters. The molecule has 3 heterocycles. The highest BCUT2D eigenvalue weighted by Gasteiger charge is 2.44. The normalized spacial score (nSPS) is 13.3. The van der Waals surface area contributed by atoms with E-state index in [2.05, 4.69) is 259 Å². The van der Waals surface area contributed by atoms with Crippen LogP contribution in [0.3, 0.4) is 0 Å². The number of aryl methyl sites for hydroxylation is 1. The third-order valence-corrected chi connectivity index (χ3v) is 14.1. The number of furan rings is 1. The predicted octanol–water partition coefficient (Wildman–Crippen LogP) is 16.9. The lowest BCUT2D eigenvalue weighted by Gasteiger charge is -2.45. The van der Waals surface area contributed by atoms with Gasteiger partial charge in [0.2, 0.25) is 0 Å². The molecule has 1 aromatic heterocycles. The summed E-state index contributed by atoms with van der Waals surface area (Å²) < 4.78 is 6.32. The number of para-hydroxylation sites is 2. The van der Waals surface area contributed by atoms with Crippen molar-refractivity contribution < 1.29 is 4.42 Å². The van der Waals surface area contributed by atoms with Gasteiger partial charge in [0.05, 0.1) is 0 Å². The van der Waals surface area contributed by atoms with Crippen molar-refractivity contribution >= 4 is 90.5 Å². The van der Waals surface area contributed by atoms with Gasteiger partial charge in [-0.2, -0.15) is 0 Å². The molecule has 4 nitrogen and oxygen atoms in total. The van der Waals surface area contributed by atoms with Crippen molar-refractivity contribution in [2.45, 2.75) is 87.0 Å². The van der Waals surface area contributed by atoms with Gasteiger partial charge in [-0.1, -0.05) is 159 Å². The third kappa shape index (κ3) is 7.92. The molecule has 0 saturated carbocycles. The van der Waals surface area contributed by atoms with E-state index >= 15 is 0 Å². The van der Waals surface area contributed by atoms with Crippen LogP contribution in [0.4, 0.5) is 45.5 Å². The van der Waals surface area contributed by atoms with Crippen LogP contribution in [-0.4, -0.2) is 6.71 Å². The van der Waals surface area contributed by atoms with Gasteiger partial charge in [-0.3, -0.25) is 0 Å². The minimum absolute atomic E-state index is 0.0172. The zero-order chi connectivity index (χ0) is 49.1.